The number of thiophene rings is 1. The lowest BCUT2D eigenvalue weighted by Gasteiger charge is -2.36. The molecule has 1 aromatic heterocycles. The molecule has 3 nitrogen and oxygen atoms in total. The fourth-order valence-electron chi connectivity index (χ4n) is 2.30. The zero-order valence-electron chi connectivity index (χ0n) is 10.6. The Kier molecular flexibility index (Phi) is 3.54. The Morgan fingerprint density at radius 2 is 2.29 bits per heavy atom. The third-order valence-corrected chi connectivity index (χ3v) is 4.74. The molecular weight excluding hydrogens is 232 g/mol. The minimum Gasteiger partial charge on any atom is -0.335 e. The molecule has 0 bridgehead atoms. The SMILES string of the molecule is CC(N)C(C)C(=O)N1CCc2sccc2C1C. The molecular formula is C13H20N2OS. The summed E-state index contributed by atoms with van der Waals surface area (Å²) in [4.78, 5) is 15.7. The molecule has 0 saturated heterocycles. The molecule has 0 aliphatic carbocycles. The molecule has 2 heterocycles. The van der Waals surface area contributed by atoms with E-state index in [1.165, 1.54) is 10.4 Å². The van der Waals surface area contributed by atoms with Crippen LogP contribution in [0.15, 0.2) is 11.4 Å². The Labute approximate surface area is 107 Å². The molecule has 2 rings (SSSR count). The van der Waals surface area contributed by atoms with E-state index in [1.54, 1.807) is 11.3 Å². The molecule has 1 amide bonds. The van der Waals surface area contributed by atoms with Crippen molar-refractivity contribution in [2.24, 2.45) is 11.7 Å². The van der Waals surface area contributed by atoms with E-state index in [9.17, 15) is 4.79 Å². The lowest BCUT2D eigenvalue weighted by Crippen LogP contribution is -2.45. The number of hydrogen-bond donors (Lipinski definition) is 1. The van der Waals surface area contributed by atoms with Crippen LogP contribution in [0.25, 0.3) is 0 Å². The van der Waals surface area contributed by atoms with E-state index >= 15 is 0 Å². The lowest BCUT2D eigenvalue weighted by molar-refractivity contribution is -0.138. The number of carbonyl (C=O) groups excluding carboxylic acids is 1. The van der Waals surface area contributed by atoms with E-state index in [4.69, 9.17) is 5.73 Å². The maximum Gasteiger partial charge on any atom is 0.227 e. The number of carbonyl (C=O) groups is 1. The topological polar surface area (TPSA) is 46.3 Å². The van der Waals surface area contributed by atoms with Gasteiger partial charge in [0.05, 0.1) is 12.0 Å². The van der Waals surface area contributed by atoms with E-state index in [2.05, 4.69) is 18.4 Å². The molecule has 0 fully saturated rings. The van der Waals surface area contributed by atoms with Gasteiger partial charge in [0.2, 0.25) is 5.91 Å². The quantitative estimate of drug-likeness (QED) is 0.877. The summed E-state index contributed by atoms with van der Waals surface area (Å²) in [5.74, 6) is 0.0852. The molecule has 0 aromatic carbocycles. The van der Waals surface area contributed by atoms with Gasteiger partial charge in [-0.3, -0.25) is 4.79 Å². The molecule has 0 radical (unpaired) electrons. The summed E-state index contributed by atoms with van der Waals surface area (Å²) in [6.07, 6.45) is 0.981. The highest BCUT2D eigenvalue weighted by molar-refractivity contribution is 7.10. The smallest absolute Gasteiger partial charge is 0.227 e. The standard InChI is InChI=1S/C13H20N2OS/c1-8(9(2)14)13(16)15-6-4-12-11(10(15)3)5-7-17-12/h5,7-10H,4,6,14H2,1-3H3. The average Bonchev–Trinajstić information content (AvgIpc) is 2.76. The Balaban J connectivity index is 2.17. The monoisotopic (exact) mass is 252 g/mol. The maximum absolute atomic E-state index is 12.3. The van der Waals surface area contributed by atoms with Gasteiger partial charge in [-0.25, -0.2) is 0 Å². The molecule has 1 aliphatic rings. The van der Waals surface area contributed by atoms with Gasteiger partial charge in [-0.2, -0.15) is 0 Å². The fourth-order valence-corrected chi connectivity index (χ4v) is 3.26. The van der Waals surface area contributed by atoms with Crippen LogP contribution in [-0.4, -0.2) is 23.4 Å². The molecule has 94 valence electrons. The number of rotatable bonds is 2. The maximum atomic E-state index is 12.3. The molecule has 0 saturated carbocycles. The van der Waals surface area contributed by atoms with Crippen LogP contribution in [0.1, 0.15) is 37.3 Å². The van der Waals surface area contributed by atoms with Gasteiger partial charge < -0.3 is 10.6 Å². The highest BCUT2D eigenvalue weighted by atomic mass is 32.1. The highest BCUT2D eigenvalue weighted by Crippen LogP contribution is 2.33. The second-order valence-electron chi connectivity index (χ2n) is 4.90. The number of fused-ring (bicyclic) bond motifs is 1. The van der Waals surface area contributed by atoms with Gasteiger partial charge in [0, 0.05) is 17.5 Å². The Morgan fingerprint density at radius 1 is 1.59 bits per heavy atom. The number of hydrogen-bond acceptors (Lipinski definition) is 3. The van der Waals surface area contributed by atoms with Crippen molar-refractivity contribution < 1.29 is 4.79 Å². The van der Waals surface area contributed by atoms with Gasteiger partial charge in [-0.05, 0) is 37.3 Å². The van der Waals surface area contributed by atoms with E-state index in [1.807, 2.05) is 18.7 Å². The van der Waals surface area contributed by atoms with Crippen LogP contribution >= 0.6 is 11.3 Å². The summed E-state index contributed by atoms with van der Waals surface area (Å²) in [6, 6.07) is 2.25. The second-order valence-corrected chi connectivity index (χ2v) is 5.91. The fraction of sp³-hybridized carbons (Fsp3) is 0.615. The van der Waals surface area contributed by atoms with Crippen molar-refractivity contribution in [2.45, 2.75) is 39.3 Å². The van der Waals surface area contributed by atoms with E-state index in [0.717, 1.165) is 13.0 Å². The summed E-state index contributed by atoms with van der Waals surface area (Å²) in [5.41, 5.74) is 7.13. The molecule has 3 atom stereocenters. The summed E-state index contributed by atoms with van der Waals surface area (Å²) >= 11 is 1.79. The van der Waals surface area contributed by atoms with Crippen LogP contribution < -0.4 is 5.73 Å². The van der Waals surface area contributed by atoms with Crippen molar-refractivity contribution >= 4 is 17.2 Å². The lowest BCUT2D eigenvalue weighted by atomic mass is 9.97. The summed E-state index contributed by atoms with van der Waals surface area (Å²) in [6.45, 7) is 6.75. The van der Waals surface area contributed by atoms with Crippen LogP contribution in [0.4, 0.5) is 0 Å². The highest BCUT2D eigenvalue weighted by Gasteiger charge is 2.31. The average molecular weight is 252 g/mol. The Morgan fingerprint density at radius 3 is 2.94 bits per heavy atom. The molecule has 1 aromatic rings. The predicted octanol–water partition coefficient (Wildman–Crippen LogP) is 2.18. The van der Waals surface area contributed by atoms with Crippen LogP contribution in [0, 0.1) is 5.92 Å². The van der Waals surface area contributed by atoms with E-state index in [-0.39, 0.29) is 23.9 Å². The molecule has 0 spiro atoms. The molecule has 17 heavy (non-hydrogen) atoms. The van der Waals surface area contributed by atoms with Gasteiger partial charge in [0.15, 0.2) is 0 Å². The van der Waals surface area contributed by atoms with E-state index in [0.29, 0.717) is 0 Å². The summed E-state index contributed by atoms with van der Waals surface area (Å²) in [5, 5.41) is 2.12. The third-order valence-electron chi connectivity index (χ3n) is 3.74. The number of nitrogens with two attached hydrogens (primary N) is 1. The zero-order valence-corrected chi connectivity index (χ0v) is 11.5. The zero-order chi connectivity index (χ0) is 12.6. The van der Waals surface area contributed by atoms with Gasteiger partial charge in [-0.1, -0.05) is 6.92 Å². The van der Waals surface area contributed by atoms with Gasteiger partial charge in [0.25, 0.3) is 0 Å². The van der Waals surface area contributed by atoms with Gasteiger partial charge in [0.1, 0.15) is 0 Å². The minimum absolute atomic E-state index is 0.0847. The molecule has 3 unspecified atom stereocenters. The normalized spacial score (nSPS) is 23.1. The van der Waals surface area contributed by atoms with Gasteiger partial charge in [-0.15, -0.1) is 11.3 Å². The molecule has 2 N–H and O–H groups in total. The predicted molar refractivity (Wildman–Crippen MR) is 71.0 cm³/mol. The van der Waals surface area contributed by atoms with E-state index < -0.39 is 0 Å². The first-order valence-corrected chi connectivity index (χ1v) is 7.02. The van der Waals surface area contributed by atoms with Crippen molar-refractivity contribution in [2.75, 3.05) is 6.54 Å². The van der Waals surface area contributed by atoms with Gasteiger partial charge >= 0.3 is 0 Å². The van der Waals surface area contributed by atoms with Crippen LogP contribution in [0.3, 0.4) is 0 Å². The summed E-state index contributed by atoms with van der Waals surface area (Å²) in [7, 11) is 0. The van der Waals surface area contributed by atoms with Crippen molar-refractivity contribution in [3.63, 3.8) is 0 Å². The summed E-state index contributed by atoms with van der Waals surface area (Å²) < 4.78 is 0. The number of nitrogens with zero attached hydrogens (tertiary/aromatic N) is 1. The van der Waals surface area contributed by atoms with Crippen molar-refractivity contribution in [3.8, 4) is 0 Å². The first kappa shape index (κ1) is 12.6. The first-order valence-electron chi connectivity index (χ1n) is 6.14. The van der Waals surface area contributed by atoms with Crippen molar-refractivity contribution in [1.29, 1.82) is 0 Å². The van der Waals surface area contributed by atoms with Crippen LogP contribution in [0.2, 0.25) is 0 Å². The first-order chi connectivity index (χ1) is 8.02. The molecule has 4 heteroatoms. The van der Waals surface area contributed by atoms with Crippen molar-refractivity contribution in [1.82, 2.24) is 4.90 Å². The van der Waals surface area contributed by atoms with Crippen LogP contribution in [-0.2, 0) is 11.2 Å². The third kappa shape index (κ3) is 2.24. The number of amides is 1. The molecule has 1 aliphatic heterocycles. The Hall–Kier alpha value is -0.870. The largest absolute Gasteiger partial charge is 0.335 e. The minimum atomic E-state index is -0.0994. The second kappa shape index (κ2) is 4.78. The Bertz CT molecular complexity index is 413. The van der Waals surface area contributed by atoms with Crippen LogP contribution in [0.5, 0.6) is 0 Å². The van der Waals surface area contributed by atoms with Crippen molar-refractivity contribution in [3.05, 3.63) is 21.9 Å².